The Bertz CT molecular complexity index is 489. The molecule has 1 aliphatic rings. The van der Waals surface area contributed by atoms with E-state index in [1.54, 1.807) is 6.07 Å². The van der Waals surface area contributed by atoms with Crippen molar-refractivity contribution in [2.45, 2.75) is 25.7 Å². The van der Waals surface area contributed by atoms with Crippen LogP contribution in [0.1, 0.15) is 25.7 Å². The molecule has 0 heterocycles. The first-order valence-electron chi connectivity index (χ1n) is 6.38. The molecule has 102 valence electrons. The van der Waals surface area contributed by atoms with Crippen LogP contribution in [-0.2, 0) is 9.59 Å². The van der Waals surface area contributed by atoms with Gasteiger partial charge in [-0.3, -0.25) is 9.59 Å². The molecule has 0 spiro atoms. The lowest BCUT2D eigenvalue weighted by Gasteiger charge is -2.27. The second-order valence-electron chi connectivity index (χ2n) is 4.80. The topological polar surface area (TPSA) is 66.4 Å². The van der Waals surface area contributed by atoms with Crippen molar-refractivity contribution in [3.63, 3.8) is 0 Å². The van der Waals surface area contributed by atoms with E-state index >= 15 is 0 Å². The summed E-state index contributed by atoms with van der Waals surface area (Å²) in [4.78, 5) is 23.4. The van der Waals surface area contributed by atoms with Gasteiger partial charge >= 0.3 is 5.97 Å². The number of benzene rings is 1. The van der Waals surface area contributed by atoms with Crippen LogP contribution in [0.25, 0.3) is 0 Å². The molecular weight excluding hydrogens is 310 g/mol. The van der Waals surface area contributed by atoms with Gasteiger partial charge in [-0.15, -0.1) is 0 Å². The van der Waals surface area contributed by atoms with Gasteiger partial charge in [0, 0.05) is 4.47 Å². The average Bonchev–Trinajstić information content (AvgIpc) is 2.41. The zero-order valence-electron chi connectivity index (χ0n) is 10.4. The standard InChI is InChI=1S/C14H16BrNO3/c15-11-7-3-4-8-12(11)16-13(17)9-5-1-2-6-10(9)14(18)19/h3-4,7-10H,1-2,5-6H2,(H,16,17)(H,18,19)/t9-,10-/m1/s1. The van der Waals surface area contributed by atoms with Gasteiger partial charge in [0.05, 0.1) is 17.5 Å². The maximum atomic E-state index is 12.2. The van der Waals surface area contributed by atoms with E-state index in [9.17, 15) is 14.7 Å². The number of halogens is 1. The molecule has 0 unspecified atom stereocenters. The number of carbonyl (C=O) groups excluding carboxylic acids is 1. The molecule has 2 atom stereocenters. The van der Waals surface area contributed by atoms with Crippen molar-refractivity contribution >= 4 is 33.5 Å². The summed E-state index contributed by atoms with van der Waals surface area (Å²) in [5.74, 6) is -2.06. The normalized spacial score (nSPS) is 22.8. The molecule has 19 heavy (non-hydrogen) atoms. The average molecular weight is 326 g/mol. The molecule has 1 amide bonds. The number of aliphatic carboxylic acids is 1. The van der Waals surface area contributed by atoms with Gasteiger partial charge in [0.25, 0.3) is 0 Å². The number of hydrogen-bond donors (Lipinski definition) is 2. The highest BCUT2D eigenvalue weighted by atomic mass is 79.9. The van der Waals surface area contributed by atoms with E-state index in [4.69, 9.17) is 0 Å². The molecule has 1 aromatic carbocycles. The highest BCUT2D eigenvalue weighted by molar-refractivity contribution is 9.10. The molecule has 0 radical (unpaired) electrons. The van der Waals surface area contributed by atoms with Crippen molar-refractivity contribution in [2.24, 2.45) is 11.8 Å². The SMILES string of the molecule is O=C(O)[C@@H]1CCCC[C@H]1C(=O)Nc1ccccc1Br. The number of anilines is 1. The molecule has 2 rings (SSSR count). The van der Waals surface area contributed by atoms with Gasteiger partial charge in [-0.05, 0) is 40.9 Å². The number of carbonyl (C=O) groups is 2. The number of carboxylic acids is 1. The van der Waals surface area contributed by atoms with Crippen LogP contribution in [0.4, 0.5) is 5.69 Å². The predicted molar refractivity (Wildman–Crippen MR) is 75.9 cm³/mol. The molecular formula is C14H16BrNO3. The summed E-state index contributed by atoms with van der Waals surface area (Å²) in [5, 5.41) is 12.0. The summed E-state index contributed by atoms with van der Waals surface area (Å²) in [6.07, 6.45) is 3.03. The molecule has 2 N–H and O–H groups in total. The Labute approximate surface area is 120 Å². The number of rotatable bonds is 3. The minimum Gasteiger partial charge on any atom is -0.481 e. The lowest BCUT2D eigenvalue weighted by atomic mass is 9.78. The summed E-state index contributed by atoms with van der Waals surface area (Å²) < 4.78 is 0.797. The molecule has 1 aliphatic carbocycles. The molecule has 0 saturated heterocycles. The van der Waals surface area contributed by atoms with Crippen molar-refractivity contribution < 1.29 is 14.7 Å². The molecule has 0 bridgehead atoms. The van der Waals surface area contributed by atoms with Gasteiger partial charge in [0.1, 0.15) is 0 Å². The highest BCUT2D eigenvalue weighted by Gasteiger charge is 2.35. The van der Waals surface area contributed by atoms with E-state index in [-0.39, 0.29) is 5.91 Å². The van der Waals surface area contributed by atoms with E-state index < -0.39 is 17.8 Å². The van der Waals surface area contributed by atoms with Crippen LogP contribution in [-0.4, -0.2) is 17.0 Å². The van der Waals surface area contributed by atoms with Crippen LogP contribution < -0.4 is 5.32 Å². The summed E-state index contributed by atoms with van der Waals surface area (Å²) in [7, 11) is 0. The third-order valence-electron chi connectivity index (χ3n) is 3.55. The third kappa shape index (κ3) is 3.35. The maximum absolute atomic E-state index is 12.2. The van der Waals surface area contributed by atoms with Crippen molar-refractivity contribution in [3.05, 3.63) is 28.7 Å². The van der Waals surface area contributed by atoms with Crippen molar-refractivity contribution in [3.8, 4) is 0 Å². The minimum atomic E-state index is -0.869. The summed E-state index contributed by atoms with van der Waals surface area (Å²) in [5.41, 5.74) is 0.683. The number of para-hydroxylation sites is 1. The highest BCUT2D eigenvalue weighted by Crippen LogP contribution is 2.32. The van der Waals surface area contributed by atoms with Crippen LogP contribution in [0.15, 0.2) is 28.7 Å². The second-order valence-corrected chi connectivity index (χ2v) is 5.66. The number of carboxylic acid groups (broad SMARTS) is 1. The molecule has 4 nitrogen and oxygen atoms in total. The fourth-order valence-electron chi connectivity index (χ4n) is 2.53. The molecule has 5 heteroatoms. The van der Waals surface area contributed by atoms with Crippen LogP contribution in [0.3, 0.4) is 0 Å². The van der Waals surface area contributed by atoms with Crippen molar-refractivity contribution in [2.75, 3.05) is 5.32 Å². The van der Waals surface area contributed by atoms with Crippen LogP contribution in [0.2, 0.25) is 0 Å². The van der Waals surface area contributed by atoms with E-state index in [2.05, 4.69) is 21.2 Å². The summed E-state index contributed by atoms with van der Waals surface area (Å²) in [6, 6.07) is 7.32. The Morgan fingerprint density at radius 1 is 1.16 bits per heavy atom. The Hall–Kier alpha value is -1.36. The Morgan fingerprint density at radius 3 is 2.42 bits per heavy atom. The third-order valence-corrected chi connectivity index (χ3v) is 4.24. The fraction of sp³-hybridized carbons (Fsp3) is 0.429. The quantitative estimate of drug-likeness (QED) is 0.896. The van der Waals surface area contributed by atoms with Crippen LogP contribution in [0, 0.1) is 11.8 Å². The van der Waals surface area contributed by atoms with Gasteiger partial charge in [0.15, 0.2) is 0 Å². The minimum absolute atomic E-state index is 0.195. The van der Waals surface area contributed by atoms with Gasteiger partial charge in [0.2, 0.25) is 5.91 Å². The van der Waals surface area contributed by atoms with Crippen molar-refractivity contribution in [1.29, 1.82) is 0 Å². The number of nitrogens with one attached hydrogen (secondary N) is 1. The molecule has 1 fully saturated rings. The van der Waals surface area contributed by atoms with Gasteiger partial charge in [-0.1, -0.05) is 25.0 Å². The smallest absolute Gasteiger partial charge is 0.307 e. The van der Waals surface area contributed by atoms with E-state index in [0.717, 1.165) is 17.3 Å². The number of amides is 1. The largest absolute Gasteiger partial charge is 0.481 e. The lowest BCUT2D eigenvalue weighted by Crippen LogP contribution is -2.36. The van der Waals surface area contributed by atoms with Gasteiger partial charge < -0.3 is 10.4 Å². The van der Waals surface area contributed by atoms with E-state index in [1.165, 1.54) is 0 Å². The van der Waals surface area contributed by atoms with Crippen molar-refractivity contribution in [1.82, 2.24) is 0 Å². The van der Waals surface area contributed by atoms with E-state index in [0.29, 0.717) is 18.5 Å². The first-order chi connectivity index (χ1) is 9.09. The Morgan fingerprint density at radius 2 is 1.79 bits per heavy atom. The Balaban J connectivity index is 2.10. The summed E-state index contributed by atoms with van der Waals surface area (Å²) >= 11 is 3.36. The Kier molecular flexibility index (Phi) is 4.58. The second kappa shape index (κ2) is 6.19. The maximum Gasteiger partial charge on any atom is 0.307 e. The van der Waals surface area contributed by atoms with E-state index in [1.807, 2.05) is 18.2 Å². The first kappa shape index (κ1) is 14.1. The molecule has 0 aromatic heterocycles. The first-order valence-corrected chi connectivity index (χ1v) is 7.17. The van der Waals surface area contributed by atoms with Crippen LogP contribution >= 0.6 is 15.9 Å². The fourth-order valence-corrected chi connectivity index (χ4v) is 2.91. The zero-order valence-corrected chi connectivity index (χ0v) is 12.0. The molecule has 0 aliphatic heterocycles. The lowest BCUT2D eigenvalue weighted by molar-refractivity contribution is -0.147. The molecule has 1 aromatic rings. The zero-order chi connectivity index (χ0) is 13.8. The van der Waals surface area contributed by atoms with Gasteiger partial charge in [-0.25, -0.2) is 0 Å². The summed E-state index contributed by atoms with van der Waals surface area (Å²) in [6.45, 7) is 0. The monoisotopic (exact) mass is 325 g/mol. The molecule has 1 saturated carbocycles. The van der Waals surface area contributed by atoms with Crippen LogP contribution in [0.5, 0.6) is 0 Å². The predicted octanol–water partition coefficient (Wildman–Crippen LogP) is 3.28. The van der Waals surface area contributed by atoms with Gasteiger partial charge in [-0.2, -0.15) is 0 Å². The number of hydrogen-bond acceptors (Lipinski definition) is 2.